The van der Waals surface area contributed by atoms with Crippen LogP contribution in [0.5, 0.6) is 0 Å². The average molecular weight is 259 g/mol. The summed E-state index contributed by atoms with van der Waals surface area (Å²) < 4.78 is 15.1. The number of benzene rings is 1. The van der Waals surface area contributed by atoms with Crippen LogP contribution in [0.2, 0.25) is 0 Å². The van der Waals surface area contributed by atoms with Crippen LogP contribution in [-0.4, -0.2) is 9.78 Å². The number of aromatic nitrogens is 2. The molecule has 1 heterocycles. The molecule has 3 nitrogen and oxygen atoms in total. The monoisotopic (exact) mass is 259 g/mol. The highest BCUT2D eigenvalue weighted by molar-refractivity contribution is 5.38. The minimum Gasteiger partial charge on any atom is -0.321 e. The van der Waals surface area contributed by atoms with Crippen LogP contribution in [0.1, 0.15) is 29.7 Å². The van der Waals surface area contributed by atoms with Gasteiger partial charge in [-0.25, -0.2) is 4.39 Å². The summed E-state index contributed by atoms with van der Waals surface area (Å²) in [4.78, 5) is 0. The second-order valence-electron chi connectivity index (χ2n) is 5.40. The third-order valence-corrected chi connectivity index (χ3v) is 4.19. The molecule has 0 radical (unpaired) electrons. The van der Waals surface area contributed by atoms with Gasteiger partial charge in [0, 0.05) is 24.5 Å². The van der Waals surface area contributed by atoms with Crippen molar-refractivity contribution >= 4 is 0 Å². The zero-order chi connectivity index (χ0) is 13.5. The molecular formula is C15H18FN3. The van der Waals surface area contributed by atoms with Crippen molar-refractivity contribution in [1.29, 1.82) is 0 Å². The molecule has 0 saturated carbocycles. The van der Waals surface area contributed by atoms with E-state index in [2.05, 4.69) is 5.10 Å². The number of fused-ring (bicyclic) bond motifs is 1. The van der Waals surface area contributed by atoms with Gasteiger partial charge < -0.3 is 5.73 Å². The highest BCUT2D eigenvalue weighted by Gasteiger charge is 2.34. The Labute approximate surface area is 112 Å². The molecule has 1 aliphatic carbocycles. The molecule has 0 fully saturated rings. The molecule has 0 saturated heterocycles. The molecular weight excluding hydrogens is 241 g/mol. The van der Waals surface area contributed by atoms with Crippen molar-refractivity contribution in [3.63, 3.8) is 0 Å². The summed E-state index contributed by atoms with van der Waals surface area (Å²) in [5.41, 5.74) is 9.56. The van der Waals surface area contributed by atoms with E-state index in [-0.39, 0.29) is 11.4 Å². The van der Waals surface area contributed by atoms with Gasteiger partial charge in [0.15, 0.2) is 0 Å². The van der Waals surface area contributed by atoms with Crippen molar-refractivity contribution in [2.75, 3.05) is 0 Å². The average Bonchev–Trinajstić information content (AvgIpc) is 2.92. The quantitative estimate of drug-likeness (QED) is 0.919. The molecule has 1 aliphatic rings. The van der Waals surface area contributed by atoms with Crippen molar-refractivity contribution < 1.29 is 4.39 Å². The van der Waals surface area contributed by atoms with Gasteiger partial charge in [0.05, 0.1) is 0 Å². The first kappa shape index (κ1) is 12.4. The molecule has 2 aromatic rings. The molecule has 1 atom stereocenters. The summed E-state index contributed by atoms with van der Waals surface area (Å²) in [6.45, 7) is 0. The lowest BCUT2D eigenvalue weighted by Crippen LogP contribution is -2.34. The van der Waals surface area contributed by atoms with E-state index >= 15 is 0 Å². The predicted octanol–water partition coefficient (Wildman–Crippen LogP) is 2.29. The number of hydrogen-bond donors (Lipinski definition) is 1. The van der Waals surface area contributed by atoms with Crippen molar-refractivity contribution in [3.05, 3.63) is 53.1 Å². The highest BCUT2D eigenvalue weighted by Crippen LogP contribution is 2.38. The van der Waals surface area contributed by atoms with E-state index in [0.29, 0.717) is 0 Å². The number of nitrogens with two attached hydrogens (primary N) is 1. The second kappa shape index (κ2) is 4.46. The van der Waals surface area contributed by atoms with Gasteiger partial charge >= 0.3 is 0 Å². The summed E-state index contributed by atoms with van der Waals surface area (Å²) in [6, 6.07) is 6.99. The molecule has 0 amide bonds. The molecule has 2 N–H and O–H groups in total. The van der Waals surface area contributed by atoms with Gasteiger partial charge in [-0.1, -0.05) is 6.07 Å². The van der Waals surface area contributed by atoms with E-state index in [4.69, 9.17) is 5.73 Å². The first-order valence-electron chi connectivity index (χ1n) is 6.63. The zero-order valence-electron chi connectivity index (χ0n) is 11.1. The lowest BCUT2D eigenvalue weighted by molar-refractivity contribution is 0.402. The Hall–Kier alpha value is -1.68. The van der Waals surface area contributed by atoms with Crippen molar-refractivity contribution in [3.8, 4) is 0 Å². The van der Waals surface area contributed by atoms with E-state index in [1.165, 1.54) is 11.8 Å². The molecule has 100 valence electrons. The topological polar surface area (TPSA) is 43.8 Å². The van der Waals surface area contributed by atoms with Crippen LogP contribution in [0.25, 0.3) is 0 Å². The molecule has 0 bridgehead atoms. The maximum absolute atomic E-state index is 13.2. The van der Waals surface area contributed by atoms with E-state index in [1.54, 1.807) is 12.3 Å². The van der Waals surface area contributed by atoms with E-state index in [1.807, 2.05) is 23.9 Å². The van der Waals surface area contributed by atoms with Crippen molar-refractivity contribution in [2.45, 2.75) is 31.2 Å². The molecule has 1 aromatic heterocycles. The number of hydrogen-bond acceptors (Lipinski definition) is 2. The van der Waals surface area contributed by atoms with Crippen molar-refractivity contribution in [2.24, 2.45) is 12.8 Å². The Kier molecular flexibility index (Phi) is 2.90. The van der Waals surface area contributed by atoms with Crippen LogP contribution in [0.3, 0.4) is 0 Å². The molecule has 3 rings (SSSR count). The summed E-state index contributed by atoms with van der Waals surface area (Å²) in [5.74, 6) is -0.172. The molecule has 4 heteroatoms. The van der Waals surface area contributed by atoms with Crippen LogP contribution in [-0.2, 0) is 25.4 Å². The van der Waals surface area contributed by atoms with Crippen LogP contribution in [0, 0.1) is 5.82 Å². The van der Waals surface area contributed by atoms with Crippen LogP contribution in [0.4, 0.5) is 4.39 Å². The minimum absolute atomic E-state index is 0.172. The van der Waals surface area contributed by atoms with E-state index < -0.39 is 0 Å². The lowest BCUT2D eigenvalue weighted by Gasteiger charge is -2.25. The molecule has 0 aliphatic heterocycles. The fourth-order valence-electron chi connectivity index (χ4n) is 3.00. The molecule has 0 spiro atoms. The number of rotatable bonds is 3. The van der Waals surface area contributed by atoms with Gasteiger partial charge in [-0.3, -0.25) is 4.68 Å². The van der Waals surface area contributed by atoms with Gasteiger partial charge in [0.1, 0.15) is 5.82 Å². The highest BCUT2D eigenvalue weighted by atomic mass is 19.1. The summed E-state index contributed by atoms with van der Waals surface area (Å²) >= 11 is 0. The van der Waals surface area contributed by atoms with Gasteiger partial charge in [0.2, 0.25) is 0 Å². The van der Waals surface area contributed by atoms with Gasteiger partial charge in [-0.2, -0.15) is 5.10 Å². The smallest absolute Gasteiger partial charge is 0.123 e. The maximum Gasteiger partial charge on any atom is 0.123 e. The van der Waals surface area contributed by atoms with Gasteiger partial charge in [-0.15, -0.1) is 0 Å². The molecule has 19 heavy (non-hydrogen) atoms. The molecule has 1 unspecified atom stereocenters. The largest absolute Gasteiger partial charge is 0.321 e. The first-order valence-corrected chi connectivity index (χ1v) is 6.63. The Morgan fingerprint density at radius 3 is 3.00 bits per heavy atom. The predicted molar refractivity (Wildman–Crippen MR) is 72.1 cm³/mol. The number of nitrogens with zero attached hydrogens (tertiary/aromatic N) is 2. The van der Waals surface area contributed by atoms with Crippen molar-refractivity contribution in [1.82, 2.24) is 9.78 Å². The van der Waals surface area contributed by atoms with E-state index in [9.17, 15) is 4.39 Å². The standard InChI is InChI=1S/C15H18FN3/c1-19-13(6-9-18-19)5-8-15(17)7-4-11-10-12(16)2-3-14(11)15/h2-3,6,9-10H,4-5,7-8,17H2,1H3. The Bertz CT molecular complexity index is 605. The van der Waals surface area contributed by atoms with Gasteiger partial charge in [0.25, 0.3) is 0 Å². The van der Waals surface area contributed by atoms with Crippen LogP contribution >= 0.6 is 0 Å². The lowest BCUT2D eigenvalue weighted by atomic mass is 9.87. The summed E-state index contributed by atoms with van der Waals surface area (Å²) in [5, 5.41) is 4.17. The summed E-state index contributed by atoms with van der Waals surface area (Å²) in [6.07, 6.45) is 5.32. The molecule has 1 aromatic carbocycles. The Balaban J connectivity index is 1.81. The fourth-order valence-corrected chi connectivity index (χ4v) is 3.00. The van der Waals surface area contributed by atoms with Crippen LogP contribution < -0.4 is 5.73 Å². The van der Waals surface area contributed by atoms with E-state index in [0.717, 1.165) is 36.8 Å². The third kappa shape index (κ3) is 2.16. The van der Waals surface area contributed by atoms with Gasteiger partial charge in [-0.05, 0) is 55.0 Å². The summed E-state index contributed by atoms with van der Waals surface area (Å²) in [7, 11) is 1.94. The normalized spacial score (nSPS) is 21.6. The van der Waals surface area contributed by atoms with Crippen LogP contribution in [0.15, 0.2) is 30.5 Å². The fraction of sp³-hybridized carbons (Fsp3) is 0.400. The second-order valence-corrected chi connectivity index (χ2v) is 5.40. The number of halogens is 1. The Morgan fingerprint density at radius 1 is 1.42 bits per heavy atom. The Morgan fingerprint density at radius 2 is 2.26 bits per heavy atom. The first-order chi connectivity index (χ1) is 9.08. The maximum atomic E-state index is 13.2. The third-order valence-electron chi connectivity index (χ3n) is 4.19. The zero-order valence-corrected chi connectivity index (χ0v) is 11.1. The number of aryl methyl sites for hydroxylation is 3. The minimum atomic E-state index is -0.326. The SMILES string of the molecule is Cn1nccc1CCC1(N)CCc2cc(F)ccc21.